The van der Waals surface area contributed by atoms with E-state index in [9.17, 15) is 0 Å². The van der Waals surface area contributed by atoms with Crippen LogP contribution in [0.2, 0.25) is 0 Å². The zero-order chi connectivity index (χ0) is 32.2. The first-order valence-corrected chi connectivity index (χ1v) is 15.9. The Morgan fingerprint density at radius 3 is 1.77 bits per heavy atom. The molecule has 0 atom stereocenters. The lowest BCUT2D eigenvalue weighted by Crippen LogP contribution is -1.98. The van der Waals surface area contributed by atoms with Crippen LogP contribution in [0.3, 0.4) is 0 Å². The topological polar surface area (TPSA) is 18.6 Å². The summed E-state index contributed by atoms with van der Waals surface area (Å²) in [6.07, 6.45) is 0. The van der Waals surface area contributed by atoms with Gasteiger partial charge in [0.2, 0.25) is 0 Å². The van der Waals surface area contributed by atoms with Gasteiger partial charge >= 0.3 is 0 Å². The van der Waals surface area contributed by atoms with Gasteiger partial charge in [0, 0.05) is 32.8 Å². The summed E-state index contributed by atoms with van der Waals surface area (Å²) in [6.45, 7) is 15.7. The maximum atomic E-state index is 7.86. The average molecular weight is 611 g/mol. The Kier molecular flexibility index (Phi) is 6.22. The van der Waals surface area contributed by atoms with Crippen molar-refractivity contribution in [2.45, 2.75) is 0 Å². The Bertz CT molecular complexity index is 2760. The van der Waals surface area contributed by atoms with E-state index < -0.39 is 0 Å². The second-order valence-electron chi connectivity index (χ2n) is 11.9. The second-order valence-corrected chi connectivity index (χ2v) is 11.9. The molecular formula is C44H26N4. The van der Waals surface area contributed by atoms with E-state index in [0.29, 0.717) is 16.9 Å². The second kappa shape index (κ2) is 10.9. The Morgan fingerprint density at radius 2 is 1.06 bits per heavy atom. The highest BCUT2D eigenvalue weighted by Crippen LogP contribution is 2.45. The van der Waals surface area contributed by atoms with E-state index >= 15 is 0 Å². The largest absolute Gasteiger partial charge is 0.309 e. The lowest BCUT2D eigenvalue weighted by Gasteiger charge is -2.17. The summed E-state index contributed by atoms with van der Waals surface area (Å²) < 4.78 is 4.78. The molecule has 0 amide bonds. The Morgan fingerprint density at radius 1 is 0.438 bits per heavy atom. The van der Waals surface area contributed by atoms with Crippen molar-refractivity contribution in [3.8, 4) is 33.6 Å². The first kappa shape index (κ1) is 27.4. The third-order valence-corrected chi connectivity index (χ3v) is 9.36. The molecule has 0 bridgehead atoms. The van der Waals surface area contributed by atoms with Gasteiger partial charge in [0.15, 0.2) is 11.4 Å². The maximum absolute atomic E-state index is 7.86. The van der Waals surface area contributed by atoms with Crippen LogP contribution in [0.25, 0.3) is 86.9 Å². The van der Waals surface area contributed by atoms with Crippen molar-refractivity contribution < 1.29 is 0 Å². The molecule has 2 heterocycles. The van der Waals surface area contributed by atoms with Crippen LogP contribution in [-0.2, 0) is 0 Å². The van der Waals surface area contributed by atoms with Crippen LogP contribution in [-0.4, -0.2) is 9.13 Å². The van der Waals surface area contributed by atoms with Crippen molar-refractivity contribution in [1.29, 1.82) is 0 Å². The fourth-order valence-corrected chi connectivity index (χ4v) is 7.36. The van der Waals surface area contributed by atoms with Gasteiger partial charge in [-0.1, -0.05) is 115 Å². The van der Waals surface area contributed by atoms with Gasteiger partial charge in [0.05, 0.1) is 40.9 Å². The molecule has 7 aromatic carbocycles. The molecule has 48 heavy (non-hydrogen) atoms. The van der Waals surface area contributed by atoms with Gasteiger partial charge in [-0.05, 0) is 59.2 Å². The van der Waals surface area contributed by atoms with E-state index in [4.69, 9.17) is 13.1 Å². The van der Waals surface area contributed by atoms with E-state index in [1.165, 1.54) is 32.6 Å². The molecule has 9 rings (SSSR count). The number of hydrogen-bond acceptors (Lipinski definition) is 0. The minimum Gasteiger partial charge on any atom is -0.309 e. The predicted molar refractivity (Wildman–Crippen MR) is 199 cm³/mol. The van der Waals surface area contributed by atoms with Crippen molar-refractivity contribution in [2.75, 3.05) is 0 Å². The van der Waals surface area contributed by atoms with Gasteiger partial charge in [-0.2, -0.15) is 0 Å². The van der Waals surface area contributed by atoms with Gasteiger partial charge in [-0.15, -0.1) is 0 Å². The Labute approximate surface area is 277 Å². The fourth-order valence-electron chi connectivity index (χ4n) is 7.36. The van der Waals surface area contributed by atoms with Gasteiger partial charge in [-0.3, -0.25) is 0 Å². The van der Waals surface area contributed by atoms with Crippen molar-refractivity contribution in [2.24, 2.45) is 0 Å². The summed E-state index contributed by atoms with van der Waals surface area (Å²) in [4.78, 5) is 7.58. The zero-order valence-corrected chi connectivity index (χ0v) is 25.8. The number of benzene rings is 7. The molecule has 222 valence electrons. The predicted octanol–water partition coefficient (Wildman–Crippen LogP) is 12.3. The Balaban J connectivity index is 1.42. The van der Waals surface area contributed by atoms with Gasteiger partial charge in [0.25, 0.3) is 0 Å². The standard InChI is InChI=1S/C44H26N4/c1-45-36-20-13-21-37(46-2)42(36)30-24-26-40(35(28-30)29-14-5-3-6-15-29)48-39-23-12-10-19-34(39)43-41(48)27-25-33-32-18-9-11-22-38(32)47(44(33)43)31-16-7-4-8-17-31/h3-28H. The van der Waals surface area contributed by atoms with E-state index in [1.807, 2.05) is 6.07 Å². The highest BCUT2D eigenvalue weighted by atomic mass is 15.0. The summed E-state index contributed by atoms with van der Waals surface area (Å²) in [5.41, 5.74) is 11.3. The molecule has 0 N–H and O–H groups in total. The summed E-state index contributed by atoms with van der Waals surface area (Å²) >= 11 is 0. The molecule has 2 aromatic heterocycles. The molecule has 0 unspecified atom stereocenters. The SMILES string of the molecule is [C-]#[N+]c1cccc([N+]#[C-])c1-c1ccc(-n2c3ccccc3c3c2ccc2c4ccccc4n(-c4ccccc4)c23)c(-c2ccccc2)c1. The van der Waals surface area contributed by atoms with Crippen LogP contribution in [0.5, 0.6) is 0 Å². The molecule has 0 aliphatic rings. The van der Waals surface area contributed by atoms with Gasteiger partial charge in [0.1, 0.15) is 0 Å². The normalized spacial score (nSPS) is 11.3. The Hall–Kier alpha value is -6.88. The molecule has 0 aliphatic heterocycles. The molecule has 0 spiro atoms. The van der Waals surface area contributed by atoms with E-state index in [2.05, 4.69) is 152 Å². The van der Waals surface area contributed by atoms with Gasteiger partial charge in [-0.25, -0.2) is 9.69 Å². The maximum Gasteiger partial charge on any atom is 0.184 e. The highest BCUT2D eigenvalue weighted by Gasteiger charge is 2.22. The monoisotopic (exact) mass is 610 g/mol. The van der Waals surface area contributed by atoms with E-state index in [-0.39, 0.29) is 0 Å². The molecule has 9 aromatic rings. The number of para-hydroxylation sites is 3. The molecule has 4 heteroatoms. The van der Waals surface area contributed by atoms with Crippen LogP contribution in [0, 0.1) is 13.1 Å². The minimum atomic E-state index is 0.475. The third kappa shape index (κ3) is 4.01. The van der Waals surface area contributed by atoms with Crippen molar-refractivity contribution in [1.82, 2.24) is 9.13 Å². The summed E-state index contributed by atoms with van der Waals surface area (Å²) in [6, 6.07) is 54.5. The number of nitrogens with zero attached hydrogens (tertiary/aromatic N) is 4. The molecule has 0 radical (unpaired) electrons. The number of rotatable bonds is 4. The lowest BCUT2D eigenvalue weighted by molar-refractivity contribution is 1.17. The highest BCUT2D eigenvalue weighted by molar-refractivity contribution is 6.26. The van der Waals surface area contributed by atoms with Crippen LogP contribution in [0.1, 0.15) is 0 Å². The van der Waals surface area contributed by atoms with Crippen molar-refractivity contribution in [3.63, 3.8) is 0 Å². The van der Waals surface area contributed by atoms with E-state index in [0.717, 1.165) is 39.1 Å². The van der Waals surface area contributed by atoms with Gasteiger partial charge < -0.3 is 9.13 Å². The molecule has 0 saturated heterocycles. The number of hydrogen-bond donors (Lipinski definition) is 0. The minimum absolute atomic E-state index is 0.475. The van der Waals surface area contributed by atoms with Crippen LogP contribution in [0.4, 0.5) is 11.4 Å². The van der Waals surface area contributed by atoms with Crippen LogP contribution >= 0.6 is 0 Å². The molecular weight excluding hydrogens is 585 g/mol. The molecule has 0 saturated carbocycles. The molecule has 4 nitrogen and oxygen atoms in total. The number of fused-ring (bicyclic) bond motifs is 7. The van der Waals surface area contributed by atoms with Crippen molar-refractivity contribution >= 4 is 55.0 Å². The summed E-state index contributed by atoms with van der Waals surface area (Å²) in [5.74, 6) is 0. The summed E-state index contributed by atoms with van der Waals surface area (Å²) in [7, 11) is 0. The third-order valence-electron chi connectivity index (χ3n) is 9.36. The average Bonchev–Trinajstić information content (AvgIpc) is 3.68. The van der Waals surface area contributed by atoms with Crippen molar-refractivity contribution in [3.05, 3.63) is 181 Å². The first-order valence-electron chi connectivity index (χ1n) is 15.9. The van der Waals surface area contributed by atoms with Crippen LogP contribution < -0.4 is 0 Å². The quantitative estimate of drug-likeness (QED) is 0.177. The lowest BCUT2D eigenvalue weighted by atomic mass is 9.95. The summed E-state index contributed by atoms with van der Waals surface area (Å²) in [5, 5.41) is 4.80. The molecule has 0 aliphatic carbocycles. The molecule has 0 fully saturated rings. The fraction of sp³-hybridized carbons (Fsp3) is 0. The zero-order valence-electron chi connectivity index (χ0n) is 25.8. The van der Waals surface area contributed by atoms with E-state index in [1.54, 1.807) is 18.2 Å². The number of aromatic nitrogens is 2. The first-order chi connectivity index (χ1) is 23.8. The smallest absolute Gasteiger partial charge is 0.184 e. The van der Waals surface area contributed by atoms with Crippen LogP contribution in [0.15, 0.2) is 158 Å².